The van der Waals surface area contributed by atoms with Gasteiger partial charge < -0.3 is 9.47 Å². The molecule has 17 heavy (non-hydrogen) atoms. The SMILES string of the molecule is CN(C)c1ccc(-c2cnc(=N)n(C)c2)cc1. The molecule has 0 unspecified atom stereocenters. The molecule has 1 N–H and O–H groups in total. The molecular weight excluding hydrogens is 212 g/mol. The first-order valence-corrected chi connectivity index (χ1v) is 5.43. The van der Waals surface area contributed by atoms with E-state index in [9.17, 15) is 0 Å². The number of hydrogen-bond donors (Lipinski definition) is 1. The first-order valence-electron chi connectivity index (χ1n) is 5.43. The van der Waals surface area contributed by atoms with Crippen molar-refractivity contribution in [1.29, 1.82) is 5.41 Å². The van der Waals surface area contributed by atoms with Crippen molar-refractivity contribution in [2.75, 3.05) is 19.0 Å². The van der Waals surface area contributed by atoms with Crippen molar-refractivity contribution >= 4 is 5.69 Å². The summed E-state index contributed by atoms with van der Waals surface area (Å²) in [5, 5.41) is 7.51. The largest absolute Gasteiger partial charge is 0.378 e. The van der Waals surface area contributed by atoms with E-state index in [1.165, 1.54) is 5.69 Å². The zero-order chi connectivity index (χ0) is 12.4. The molecule has 0 spiro atoms. The Morgan fingerprint density at radius 3 is 2.29 bits per heavy atom. The Morgan fingerprint density at radius 1 is 1.12 bits per heavy atom. The molecule has 1 aromatic carbocycles. The number of nitrogens with zero attached hydrogens (tertiary/aromatic N) is 3. The van der Waals surface area contributed by atoms with Gasteiger partial charge in [-0.05, 0) is 17.7 Å². The van der Waals surface area contributed by atoms with Gasteiger partial charge in [0, 0.05) is 44.8 Å². The summed E-state index contributed by atoms with van der Waals surface area (Å²) in [6.07, 6.45) is 3.65. The number of nitrogens with one attached hydrogen (secondary N) is 1. The molecule has 2 aromatic rings. The van der Waals surface area contributed by atoms with Crippen LogP contribution in [0, 0.1) is 5.41 Å². The van der Waals surface area contributed by atoms with Gasteiger partial charge in [0.05, 0.1) is 0 Å². The molecule has 0 bridgehead atoms. The van der Waals surface area contributed by atoms with Crippen LogP contribution < -0.4 is 10.5 Å². The van der Waals surface area contributed by atoms with E-state index in [-0.39, 0.29) is 5.62 Å². The van der Waals surface area contributed by atoms with Crippen LogP contribution in [-0.2, 0) is 7.05 Å². The predicted molar refractivity (Wildman–Crippen MR) is 68.8 cm³/mol. The van der Waals surface area contributed by atoms with Crippen LogP contribution in [0.25, 0.3) is 11.1 Å². The third-order valence-corrected chi connectivity index (χ3v) is 2.71. The second kappa shape index (κ2) is 4.41. The summed E-state index contributed by atoms with van der Waals surface area (Å²) in [5.74, 6) is 0. The van der Waals surface area contributed by atoms with Gasteiger partial charge in [0.25, 0.3) is 0 Å². The van der Waals surface area contributed by atoms with Gasteiger partial charge in [0.1, 0.15) is 0 Å². The second-order valence-corrected chi connectivity index (χ2v) is 4.22. The normalized spacial score (nSPS) is 10.3. The summed E-state index contributed by atoms with van der Waals surface area (Å²) in [5.41, 5.74) is 3.56. The molecule has 1 aromatic heterocycles. The monoisotopic (exact) mass is 228 g/mol. The zero-order valence-corrected chi connectivity index (χ0v) is 10.3. The maximum absolute atomic E-state index is 7.51. The first kappa shape index (κ1) is 11.4. The average molecular weight is 228 g/mol. The fraction of sp³-hybridized carbons (Fsp3) is 0.231. The van der Waals surface area contributed by atoms with Crippen molar-refractivity contribution in [2.45, 2.75) is 0 Å². The van der Waals surface area contributed by atoms with Gasteiger partial charge >= 0.3 is 0 Å². The highest BCUT2D eigenvalue weighted by Gasteiger charge is 2.00. The maximum Gasteiger partial charge on any atom is 0.221 e. The lowest BCUT2D eigenvalue weighted by Gasteiger charge is -2.12. The fourth-order valence-electron chi connectivity index (χ4n) is 1.63. The van der Waals surface area contributed by atoms with Crippen molar-refractivity contribution in [3.63, 3.8) is 0 Å². The third-order valence-electron chi connectivity index (χ3n) is 2.71. The Kier molecular flexibility index (Phi) is 2.95. The van der Waals surface area contributed by atoms with Crippen LogP contribution in [0.2, 0.25) is 0 Å². The Balaban J connectivity index is 2.39. The van der Waals surface area contributed by atoms with Crippen molar-refractivity contribution < 1.29 is 0 Å². The van der Waals surface area contributed by atoms with Crippen LogP contribution in [-0.4, -0.2) is 23.6 Å². The first-order chi connectivity index (χ1) is 8.08. The lowest BCUT2D eigenvalue weighted by Crippen LogP contribution is -2.18. The van der Waals surface area contributed by atoms with Gasteiger partial charge in [-0.2, -0.15) is 0 Å². The van der Waals surface area contributed by atoms with Crippen LogP contribution in [0.4, 0.5) is 5.69 Å². The minimum Gasteiger partial charge on any atom is -0.378 e. The number of aryl methyl sites for hydroxylation is 1. The molecular formula is C13H16N4. The Morgan fingerprint density at radius 2 is 1.76 bits per heavy atom. The highest BCUT2D eigenvalue weighted by Crippen LogP contribution is 2.20. The van der Waals surface area contributed by atoms with Gasteiger partial charge in [0.2, 0.25) is 5.62 Å². The van der Waals surface area contributed by atoms with E-state index in [0.29, 0.717) is 0 Å². The van der Waals surface area contributed by atoms with E-state index in [0.717, 1.165) is 11.1 Å². The highest BCUT2D eigenvalue weighted by atomic mass is 15.1. The lowest BCUT2D eigenvalue weighted by molar-refractivity contribution is 0.764. The molecule has 88 valence electrons. The summed E-state index contributed by atoms with van der Waals surface area (Å²) in [4.78, 5) is 6.10. The molecule has 0 amide bonds. The number of aromatic nitrogens is 2. The summed E-state index contributed by atoms with van der Waals surface area (Å²) < 4.78 is 1.70. The Hall–Kier alpha value is -2.10. The molecule has 0 aliphatic rings. The second-order valence-electron chi connectivity index (χ2n) is 4.22. The molecule has 0 saturated carbocycles. The van der Waals surface area contributed by atoms with E-state index in [1.807, 2.05) is 27.3 Å². The lowest BCUT2D eigenvalue weighted by atomic mass is 10.1. The van der Waals surface area contributed by atoms with Crippen LogP contribution >= 0.6 is 0 Å². The van der Waals surface area contributed by atoms with E-state index in [4.69, 9.17) is 5.41 Å². The molecule has 0 aliphatic heterocycles. The smallest absolute Gasteiger partial charge is 0.221 e. The fourth-order valence-corrected chi connectivity index (χ4v) is 1.63. The summed E-state index contributed by atoms with van der Waals surface area (Å²) in [6, 6.07) is 8.28. The third kappa shape index (κ3) is 2.36. The number of rotatable bonds is 2. The van der Waals surface area contributed by atoms with Crippen LogP contribution in [0.3, 0.4) is 0 Å². The minimum atomic E-state index is 0.263. The Bertz CT molecular complexity index is 567. The Labute approximate surface area is 101 Å². The highest BCUT2D eigenvalue weighted by molar-refractivity contribution is 5.64. The molecule has 2 rings (SSSR count). The predicted octanol–water partition coefficient (Wildman–Crippen LogP) is 1.63. The van der Waals surface area contributed by atoms with Gasteiger partial charge in [-0.15, -0.1) is 0 Å². The molecule has 0 fully saturated rings. The van der Waals surface area contributed by atoms with Gasteiger partial charge in [-0.1, -0.05) is 12.1 Å². The average Bonchev–Trinajstić information content (AvgIpc) is 2.33. The number of benzene rings is 1. The summed E-state index contributed by atoms with van der Waals surface area (Å²) in [7, 11) is 5.86. The van der Waals surface area contributed by atoms with Gasteiger partial charge in [0.15, 0.2) is 0 Å². The van der Waals surface area contributed by atoms with E-state index >= 15 is 0 Å². The molecule has 4 nitrogen and oxygen atoms in total. The van der Waals surface area contributed by atoms with Crippen molar-refractivity contribution in [1.82, 2.24) is 9.55 Å². The number of hydrogen-bond acceptors (Lipinski definition) is 3. The van der Waals surface area contributed by atoms with Crippen molar-refractivity contribution in [2.24, 2.45) is 7.05 Å². The summed E-state index contributed by atoms with van der Waals surface area (Å²) >= 11 is 0. The minimum absolute atomic E-state index is 0.263. The van der Waals surface area contributed by atoms with Crippen molar-refractivity contribution in [3.05, 3.63) is 42.3 Å². The standard InChI is InChI=1S/C13H16N4/c1-16(2)12-6-4-10(5-7-12)11-8-15-13(14)17(3)9-11/h4-9,14H,1-3H3. The molecule has 1 heterocycles. The van der Waals surface area contributed by atoms with Gasteiger partial charge in [-0.3, -0.25) is 5.41 Å². The summed E-state index contributed by atoms with van der Waals surface area (Å²) in [6.45, 7) is 0. The van der Waals surface area contributed by atoms with E-state index < -0.39 is 0 Å². The zero-order valence-electron chi connectivity index (χ0n) is 10.3. The quantitative estimate of drug-likeness (QED) is 0.849. The molecule has 0 aliphatic carbocycles. The van der Waals surface area contributed by atoms with Crippen LogP contribution in [0.5, 0.6) is 0 Å². The van der Waals surface area contributed by atoms with Crippen LogP contribution in [0.15, 0.2) is 36.7 Å². The molecule has 0 saturated heterocycles. The van der Waals surface area contributed by atoms with Gasteiger partial charge in [-0.25, -0.2) is 4.98 Å². The molecule has 0 atom stereocenters. The van der Waals surface area contributed by atoms with E-state index in [1.54, 1.807) is 10.8 Å². The molecule has 0 radical (unpaired) electrons. The number of anilines is 1. The van der Waals surface area contributed by atoms with Crippen molar-refractivity contribution in [3.8, 4) is 11.1 Å². The van der Waals surface area contributed by atoms with E-state index in [2.05, 4.69) is 34.1 Å². The topological polar surface area (TPSA) is 44.9 Å². The maximum atomic E-state index is 7.51. The molecule has 4 heteroatoms. The van der Waals surface area contributed by atoms with Crippen LogP contribution in [0.1, 0.15) is 0 Å².